The van der Waals surface area contributed by atoms with Crippen LogP contribution in [0.4, 0.5) is 0 Å². The molecule has 2 rings (SSSR count). The van der Waals surface area contributed by atoms with Crippen LogP contribution in [-0.2, 0) is 9.59 Å². The molecule has 0 aromatic heterocycles. The maximum Gasteiger partial charge on any atom is 0.251 e. The van der Waals surface area contributed by atoms with E-state index in [1.54, 1.807) is 42.9 Å². The number of rotatable bonds is 14. The van der Waals surface area contributed by atoms with Crippen LogP contribution in [0.3, 0.4) is 0 Å². The fourth-order valence-corrected chi connectivity index (χ4v) is 3.52. The second-order valence-electron chi connectivity index (χ2n) is 7.70. The first kappa shape index (κ1) is 27.5. The van der Waals surface area contributed by atoms with Crippen LogP contribution in [-0.4, -0.2) is 52.0 Å². The van der Waals surface area contributed by atoms with Crippen molar-refractivity contribution in [2.45, 2.75) is 32.1 Å². The predicted molar refractivity (Wildman–Crippen MR) is 133 cm³/mol. The summed E-state index contributed by atoms with van der Waals surface area (Å²) in [6.07, 6.45) is 5.19. The zero-order chi connectivity index (χ0) is 25.6. The largest absolute Gasteiger partial charge is 0.497 e. The zero-order valence-electron chi connectivity index (χ0n) is 20.7. The van der Waals surface area contributed by atoms with Crippen LogP contribution in [0.15, 0.2) is 36.4 Å². The van der Waals surface area contributed by atoms with Crippen LogP contribution in [0.25, 0.3) is 11.6 Å². The van der Waals surface area contributed by atoms with Gasteiger partial charge in [-0.1, -0.05) is 25.0 Å². The van der Waals surface area contributed by atoms with Gasteiger partial charge in [-0.2, -0.15) is 0 Å². The fourth-order valence-electron chi connectivity index (χ4n) is 3.52. The lowest BCUT2D eigenvalue weighted by Crippen LogP contribution is -2.25. The van der Waals surface area contributed by atoms with E-state index in [0.717, 1.165) is 24.8 Å². The van der Waals surface area contributed by atoms with Gasteiger partial charge in [0.1, 0.15) is 5.75 Å². The third-order valence-electron chi connectivity index (χ3n) is 5.38. The Morgan fingerprint density at radius 3 is 2.03 bits per heavy atom. The highest BCUT2D eigenvalue weighted by atomic mass is 16.5. The minimum atomic E-state index is -0.389. The molecule has 0 spiro atoms. The first-order valence-electron chi connectivity index (χ1n) is 11.3. The SMILES string of the molecule is COc1ccc(C(=Cc2cc(OC)c(OC)c(OC)c2)C(=O)NCCCCCCC(=O)NO)cc1. The van der Waals surface area contributed by atoms with Crippen molar-refractivity contribution in [1.82, 2.24) is 10.8 Å². The molecule has 0 radical (unpaired) electrons. The number of unbranched alkanes of at least 4 members (excludes halogenated alkanes) is 3. The van der Waals surface area contributed by atoms with Crippen LogP contribution in [0.1, 0.15) is 43.2 Å². The molecule has 190 valence electrons. The molecule has 0 fully saturated rings. The van der Waals surface area contributed by atoms with E-state index in [1.807, 2.05) is 12.1 Å². The van der Waals surface area contributed by atoms with Gasteiger partial charge in [0.2, 0.25) is 11.7 Å². The Hall–Kier alpha value is -3.72. The number of ether oxygens (including phenoxy) is 4. The Morgan fingerprint density at radius 1 is 0.857 bits per heavy atom. The normalized spacial score (nSPS) is 10.9. The van der Waals surface area contributed by atoms with Gasteiger partial charge in [0, 0.05) is 18.5 Å². The second-order valence-corrected chi connectivity index (χ2v) is 7.70. The molecule has 2 amide bonds. The molecular weight excluding hydrogens is 452 g/mol. The second kappa shape index (κ2) is 14.5. The molecule has 35 heavy (non-hydrogen) atoms. The smallest absolute Gasteiger partial charge is 0.251 e. The molecule has 0 aliphatic carbocycles. The lowest BCUT2D eigenvalue weighted by Gasteiger charge is -2.14. The highest BCUT2D eigenvalue weighted by Crippen LogP contribution is 2.39. The van der Waals surface area contributed by atoms with Crippen molar-refractivity contribution in [3.8, 4) is 23.0 Å². The Labute approximate surface area is 206 Å². The van der Waals surface area contributed by atoms with E-state index in [-0.39, 0.29) is 18.2 Å². The van der Waals surface area contributed by atoms with E-state index in [1.165, 1.54) is 21.3 Å². The fraction of sp³-hybridized carbons (Fsp3) is 0.385. The van der Waals surface area contributed by atoms with E-state index in [0.29, 0.717) is 47.1 Å². The molecule has 0 atom stereocenters. The first-order valence-corrected chi connectivity index (χ1v) is 11.3. The standard InChI is InChI=1S/C26H34N2O7/c1-32-20-12-10-19(11-13-20)21(26(30)27-14-8-6-5-7-9-24(29)28-31)15-18-16-22(33-2)25(35-4)23(17-18)34-3/h10-13,15-17,31H,5-9,14H2,1-4H3,(H,27,30)(H,28,29). The van der Waals surface area contributed by atoms with Crippen LogP contribution in [0.2, 0.25) is 0 Å². The summed E-state index contributed by atoms with van der Waals surface area (Å²) in [5.74, 6) is 1.53. The van der Waals surface area contributed by atoms with Gasteiger partial charge in [-0.25, -0.2) is 5.48 Å². The number of hydroxylamine groups is 1. The van der Waals surface area contributed by atoms with Gasteiger partial charge in [-0.3, -0.25) is 14.8 Å². The zero-order valence-corrected chi connectivity index (χ0v) is 20.7. The highest BCUT2D eigenvalue weighted by molar-refractivity contribution is 6.24. The maximum absolute atomic E-state index is 13.2. The average Bonchev–Trinajstić information content (AvgIpc) is 2.90. The minimum absolute atomic E-state index is 0.219. The lowest BCUT2D eigenvalue weighted by atomic mass is 10.0. The summed E-state index contributed by atoms with van der Waals surface area (Å²) in [6, 6.07) is 10.8. The number of benzene rings is 2. The molecule has 0 heterocycles. The van der Waals surface area contributed by atoms with Crippen molar-refractivity contribution < 1.29 is 33.7 Å². The molecule has 0 bridgehead atoms. The van der Waals surface area contributed by atoms with Gasteiger partial charge in [0.25, 0.3) is 5.91 Å². The van der Waals surface area contributed by atoms with Crippen molar-refractivity contribution in [2.24, 2.45) is 0 Å². The van der Waals surface area contributed by atoms with Gasteiger partial charge in [0.05, 0.1) is 28.4 Å². The third-order valence-corrected chi connectivity index (χ3v) is 5.38. The maximum atomic E-state index is 13.2. The molecule has 0 saturated carbocycles. The molecule has 2 aromatic carbocycles. The molecule has 9 nitrogen and oxygen atoms in total. The van der Waals surface area contributed by atoms with E-state index < -0.39 is 0 Å². The molecule has 0 saturated heterocycles. The van der Waals surface area contributed by atoms with Crippen LogP contribution in [0, 0.1) is 0 Å². The van der Waals surface area contributed by atoms with E-state index in [2.05, 4.69) is 5.32 Å². The summed E-state index contributed by atoms with van der Waals surface area (Å²) >= 11 is 0. The number of carbonyl (C=O) groups is 2. The summed E-state index contributed by atoms with van der Waals surface area (Å²) in [6.45, 7) is 0.494. The van der Waals surface area contributed by atoms with Gasteiger partial charge in [0.15, 0.2) is 11.5 Å². The Morgan fingerprint density at radius 2 is 1.49 bits per heavy atom. The molecule has 2 aromatic rings. The summed E-state index contributed by atoms with van der Waals surface area (Å²) < 4.78 is 21.5. The predicted octanol–water partition coefficient (Wildman–Crippen LogP) is 3.83. The Balaban J connectivity index is 2.20. The summed E-state index contributed by atoms with van der Waals surface area (Å²) in [5.41, 5.74) is 3.54. The van der Waals surface area contributed by atoms with Gasteiger partial charge in [-0.05, 0) is 54.3 Å². The van der Waals surface area contributed by atoms with Crippen molar-refractivity contribution >= 4 is 23.5 Å². The number of hydrogen-bond acceptors (Lipinski definition) is 7. The van der Waals surface area contributed by atoms with E-state index in [4.69, 9.17) is 24.2 Å². The average molecular weight is 487 g/mol. The molecule has 0 aliphatic rings. The molecule has 3 N–H and O–H groups in total. The Bertz CT molecular complexity index is 978. The van der Waals surface area contributed by atoms with Crippen LogP contribution < -0.4 is 29.7 Å². The first-order chi connectivity index (χ1) is 17.0. The molecule has 0 unspecified atom stereocenters. The highest BCUT2D eigenvalue weighted by Gasteiger charge is 2.16. The van der Waals surface area contributed by atoms with E-state index >= 15 is 0 Å². The molecule has 0 aliphatic heterocycles. The van der Waals surface area contributed by atoms with Crippen molar-refractivity contribution in [3.63, 3.8) is 0 Å². The Kier molecular flexibility index (Phi) is 11.4. The summed E-state index contributed by atoms with van der Waals surface area (Å²) in [7, 11) is 6.20. The number of hydrogen-bond donors (Lipinski definition) is 3. The number of carbonyl (C=O) groups excluding carboxylic acids is 2. The van der Waals surface area contributed by atoms with Gasteiger partial charge in [-0.15, -0.1) is 0 Å². The number of methoxy groups -OCH3 is 4. The molecular formula is C26H34N2O7. The van der Waals surface area contributed by atoms with Crippen LogP contribution >= 0.6 is 0 Å². The van der Waals surface area contributed by atoms with Crippen LogP contribution in [0.5, 0.6) is 23.0 Å². The summed E-state index contributed by atoms with van der Waals surface area (Å²) in [4.78, 5) is 24.2. The quantitative estimate of drug-likeness (QED) is 0.122. The van der Waals surface area contributed by atoms with Gasteiger partial charge < -0.3 is 24.3 Å². The number of nitrogens with one attached hydrogen (secondary N) is 2. The van der Waals surface area contributed by atoms with Crippen molar-refractivity contribution in [1.29, 1.82) is 0 Å². The topological polar surface area (TPSA) is 115 Å². The molecule has 9 heteroatoms. The van der Waals surface area contributed by atoms with Crippen molar-refractivity contribution in [2.75, 3.05) is 35.0 Å². The monoisotopic (exact) mass is 486 g/mol. The van der Waals surface area contributed by atoms with Crippen molar-refractivity contribution in [3.05, 3.63) is 47.5 Å². The summed E-state index contributed by atoms with van der Waals surface area (Å²) in [5, 5.41) is 11.5. The minimum Gasteiger partial charge on any atom is -0.497 e. The third kappa shape index (κ3) is 8.22. The lowest BCUT2D eigenvalue weighted by molar-refractivity contribution is -0.129. The number of amides is 2. The van der Waals surface area contributed by atoms with E-state index in [9.17, 15) is 9.59 Å². The van der Waals surface area contributed by atoms with Gasteiger partial charge >= 0.3 is 0 Å².